The number of thioether (sulfide) groups is 1. The number of nitrogens with one attached hydrogen (secondary N) is 2. The summed E-state index contributed by atoms with van der Waals surface area (Å²) >= 11 is 1.80. The zero-order valence-electron chi connectivity index (χ0n) is 13.2. The molecule has 2 N–H and O–H groups in total. The maximum Gasteiger partial charge on any atom is 0.255 e. The molecule has 0 radical (unpaired) electrons. The van der Waals surface area contributed by atoms with Crippen molar-refractivity contribution < 1.29 is 14.0 Å². The Bertz CT molecular complexity index is 638. The molecule has 0 saturated carbocycles. The van der Waals surface area contributed by atoms with E-state index >= 15 is 0 Å². The van der Waals surface area contributed by atoms with Gasteiger partial charge in [-0.05, 0) is 49.1 Å². The van der Waals surface area contributed by atoms with E-state index in [4.69, 9.17) is 4.42 Å². The molecule has 0 spiro atoms. The number of hydrogen-bond donors (Lipinski definition) is 2. The quantitative estimate of drug-likeness (QED) is 0.818. The molecule has 2 aromatic rings. The first-order valence-electron chi connectivity index (χ1n) is 7.32. The lowest BCUT2D eigenvalue weighted by molar-refractivity contribution is -0.117. The van der Waals surface area contributed by atoms with Gasteiger partial charge in [-0.15, -0.1) is 0 Å². The molecule has 6 heteroatoms. The summed E-state index contributed by atoms with van der Waals surface area (Å²) in [5.41, 5.74) is 2.34. The van der Waals surface area contributed by atoms with Crippen LogP contribution in [-0.4, -0.2) is 29.9 Å². The Morgan fingerprint density at radius 1 is 1.22 bits per heavy atom. The van der Waals surface area contributed by atoms with E-state index in [-0.39, 0.29) is 11.8 Å². The fourth-order valence-corrected chi connectivity index (χ4v) is 2.40. The van der Waals surface area contributed by atoms with Crippen molar-refractivity contribution >= 4 is 29.3 Å². The number of anilines is 1. The first-order valence-corrected chi connectivity index (χ1v) is 8.71. The molecule has 0 aliphatic carbocycles. The average Bonchev–Trinajstić information content (AvgIpc) is 3.08. The molecular formula is C17H20N2O3S. The lowest BCUT2D eigenvalue weighted by Crippen LogP contribution is -2.41. The summed E-state index contributed by atoms with van der Waals surface area (Å²) < 4.78 is 4.85. The molecule has 2 amide bonds. The molecule has 1 heterocycles. The summed E-state index contributed by atoms with van der Waals surface area (Å²) in [5.74, 6) is 0.468. The number of benzene rings is 1. The Morgan fingerprint density at radius 3 is 2.57 bits per heavy atom. The van der Waals surface area contributed by atoms with Crippen LogP contribution in [0.3, 0.4) is 0 Å². The van der Waals surface area contributed by atoms with Gasteiger partial charge in [0.25, 0.3) is 5.91 Å². The van der Waals surface area contributed by atoms with Gasteiger partial charge in [-0.3, -0.25) is 9.59 Å². The summed E-state index contributed by atoms with van der Waals surface area (Å²) in [6, 6.07) is 8.65. The third-order valence-corrected chi connectivity index (χ3v) is 3.95. The van der Waals surface area contributed by atoms with Crippen LogP contribution in [0.4, 0.5) is 5.69 Å². The van der Waals surface area contributed by atoms with Crippen LogP contribution in [0.25, 0.3) is 0 Å². The molecule has 0 aliphatic rings. The van der Waals surface area contributed by atoms with E-state index in [1.165, 1.54) is 18.1 Å². The SMILES string of the molecule is CSCCc1ccc(NC(=O)[C@@H](C)NC(=O)c2ccoc2)cc1. The summed E-state index contributed by atoms with van der Waals surface area (Å²) in [7, 11) is 0. The molecule has 1 atom stereocenters. The van der Waals surface area contributed by atoms with E-state index in [9.17, 15) is 9.59 Å². The molecule has 0 bridgehead atoms. The summed E-state index contributed by atoms with van der Waals surface area (Å²) in [6.45, 7) is 1.64. The largest absolute Gasteiger partial charge is 0.472 e. The van der Waals surface area contributed by atoms with Crippen LogP contribution in [-0.2, 0) is 11.2 Å². The van der Waals surface area contributed by atoms with E-state index < -0.39 is 6.04 Å². The minimum Gasteiger partial charge on any atom is -0.472 e. The van der Waals surface area contributed by atoms with Gasteiger partial charge in [0.1, 0.15) is 12.3 Å². The number of aryl methyl sites for hydroxylation is 1. The van der Waals surface area contributed by atoms with Crippen molar-refractivity contribution in [3.63, 3.8) is 0 Å². The zero-order chi connectivity index (χ0) is 16.7. The molecule has 23 heavy (non-hydrogen) atoms. The first-order chi connectivity index (χ1) is 11.1. The fraction of sp³-hybridized carbons (Fsp3) is 0.294. The van der Waals surface area contributed by atoms with Crippen LogP contribution >= 0.6 is 11.8 Å². The Morgan fingerprint density at radius 2 is 1.96 bits per heavy atom. The molecule has 1 aromatic heterocycles. The highest BCUT2D eigenvalue weighted by Crippen LogP contribution is 2.12. The van der Waals surface area contributed by atoms with Crippen LogP contribution in [0.15, 0.2) is 47.3 Å². The maximum atomic E-state index is 12.1. The second-order valence-corrected chi connectivity index (χ2v) is 6.12. The van der Waals surface area contributed by atoms with Crippen LogP contribution in [0.2, 0.25) is 0 Å². The molecule has 0 aliphatic heterocycles. The second kappa shape index (κ2) is 8.43. The molecule has 2 rings (SSSR count). The normalized spacial score (nSPS) is 11.7. The van der Waals surface area contributed by atoms with Crippen molar-refractivity contribution in [2.24, 2.45) is 0 Å². The number of carbonyl (C=O) groups excluding carboxylic acids is 2. The van der Waals surface area contributed by atoms with E-state index in [1.807, 2.05) is 24.3 Å². The monoisotopic (exact) mass is 332 g/mol. The first kappa shape index (κ1) is 17.1. The molecule has 0 saturated heterocycles. The van der Waals surface area contributed by atoms with Crippen molar-refractivity contribution in [3.8, 4) is 0 Å². The van der Waals surface area contributed by atoms with Gasteiger partial charge in [-0.1, -0.05) is 12.1 Å². The van der Waals surface area contributed by atoms with E-state index in [2.05, 4.69) is 16.9 Å². The third kappa shape index (κ3) is 5.17. The van der Waals surface area contributed by atoms with Gasteiger partial charge in [0.05, 0.1) is 11.8 Å². The van der Waals surface area contributed by atoms with E-state index in [0.717, 1.165) is 12.2 Å². The Labute approximate surface area is 139 Å². The van der Waals surface area contributed by atoms with Crippen molar-refractivity contribution in [3.05, 3.63) is 54.0 Å². The van der Waals surface area contributed by atoms with Gasteiger partial charge < -0.3 is 15.1 Å². The fourth-order valence-electron chi connectivity index (χ4n) is 1.96. The van der Waals surface area contributed by atoms with Crippen molar-refractivity contribution in [2.45, 2.75) is 19.4 Å². The molecule has 1 aromatic carbocycles. The predicted molar refractivity (Wildman–Crippen MR) is 92.8 cm³/mol. The van der Waals surface area contributed by atoms with Crippen LogP contribution in [0.1, 0.15) is 22.8 Å². The minimum atomic E-state index is -0.645. The van der Waals surface area contributed by atoms with E-state index in [0.29, 0.717) is 11.3 Å². The molecule has 0 fully saturated rings. The van der Waals surface area contributed by atoms with Gasteiger partial charge in [-0.2, -0.15) is 11.8 Å². The summed E-state index contributed by atoms with van der Waals surface area (Å²) in [4.78, 5) is 24.0. The number of furan rings is 1. The van der Waals surface area contributed by atoms with Gasteiger partial charge in [0.2, 0.25) is 5.91 Å². The van der Waals surface area contributed by atoms with Crippen LogP contribution in [0, 0.1) is 0 Å². The van der Waals surface area contributed by atoms with Crippen LogP contribution < -0.4 is 10.6 Å². The van der Waals surface area contributed by atoms with Crippen molar-refractivity contribution in [1.29, 1.82) is 0 Å². The Kier molecular flexibility index (Phi) is 6.29. The van der Waals surface area contributed by atoms with Crippen molar-refractivity contribution in [2.75, 3.05) is 17.3 Å². The Hall–Kier alpha value is -2.21. The topological polar surface area (TPSA) is 71.3 Å². The Balaban J connectivity index is 1.86. The molecule has 5 nitrogen and oxygen atoms in total. The maximum absolute atomic E-state index is 12.1. The third-order valence-electron chi connectivity index (χ3n) is 3.34. The van der Waals surface area contributed by atoms with E-state index in [1.54, 1.807) is 24.8 Å². The average molecular weight is 332 g/mol. The summed E-state index contributed by atoms with van der Waals surface area (Å²) in [5, 5.41) is 5.42. The van der Waals surface area contributed by atoms with Gasteiger partial charge in [0.15, 0.2) is 0 Å². The second-order valence-electron chi connectivity index (χ2n) is 5.14. The number of rotatable bonds is 7. The van der Waals surface area contributed by atoms with Crippen molar-refractivity contribution in [1.82, 2.24) is 5.32 Å². The molecule has 0 unspecified atom stereocenters. The minimum absolute atomic E-state index is 0.265. The van der Waals surface area contributed by atoms with Gasteiger partial charge in [0, 0.05) is 5.69 Å². The standard InChI is InChI=1S/C17H20N2O3S/c1-12(18-17(21)14-7-9-22-11-14)16(20)19-15-5-3-13(4-6-15)8-10-23-2/h3-7,9,11-12H,8,10H2,1-2H3,(H,18,21)(H,19,20)/t12-/m1/s1. The number of carbonyl (C=O) groups is 2. The number of hydrogen-bond acceptors (Lipinski definition) is 4. The highest BCUT2D eigenvalue weighted by Gasteiger charge is 2.17. The lowest BCUT2D eigenvalue weighted by Gasteiger charge is -2.14. The number of amides is 2. The molecular weight excluding hydrogens is 312 g/mol. The highest BCUT2D eigenvalue weighted by atomic mass is 32.2. The smallest absolute Gasteiger partial charge is 0.255 e. The highest BCUT2D eigenvalue weighted by molar-refractivity contribution is 7.98. The zero-order valence-corrected chi connectivity index (χ0v) is 14.0. The van der Waals surface area contributed by atoms with Gasteiger partial charge in [-0.25, -0.2) is 0 Å². The molecule has 122 valence electrons. The lowest BCUT2D eigenvalue weighted by atomic mass is 10.1. The van der Waals surface area contributed by atoms with Crippen LogP contribution in [0.5, 0.6) is 0 Å². The predicted octanol–water partition coefficient (Wildman–Crippen LogP) is 2.94. The van der Waals surface area contributed by atoms with Gasteiger partial charge >= 0.3 is 0 Å². The summed E-state index contributed by atoms with van der Waals surface area (Å²) in [6.07, 6.45) is 5.84.